The van der Waals surface area contributed by atoms with Crippen molar-refractivity contribution in [3.05, 3.63) is 0 Å². The van der Waals surface area contributed by atoms with Crippen molar-refractivity contribution in [1.29, 1.82) is 0 Å². The van der Waals surface area contributed by atoms with Gasteiger partial charge in [-0.05, 0) is 43.3 Å². The summed E-state index contributed by atoms with van der Waals surface area (Å²) in [4.78, 5) is 11.8. The Kier molecular flexibility index (Phi) is 3.96. The van der Waals surface area contributed by atoms with Crippen LogP contribution in [0.25, 0.3) is 0 Å². The molecule has 0 aromatic rings. The van der Waals surface area contributed by atoms with Crippen molar-refractivity contribution >= 4 is 17.5 Å². The summed E-state index contributed by atoms with van der Waals surface area (Å²) >= 11 is 1.81. The van der Waals surface area contributed by atoms with E-state index in [1.165, 1.54) is 0 Å². The largest absolute Gasteiger partial charge is 0.389 e. The monoisotopic (exact) mass is 242 g/mol. The van der Waals surface area contributed by atoms with E-state index in [0.717, 1.165) is 37.2 Å². The molecule has 0 saturated heterocycles. The van der Waals surface area contributed by atoms with Crippen molar-refractivity contribution in [2.45, 2.75) is 51.0 Å². The fourth-order valence-electron chi connectivity index (χ4n) is 2.52. The van der Waals surface area contributed by atoms with Crippen LogP contribution in [0.4, 0.5) is 0 Å². The van der Waals surface area contributed by atoms with E-state index in [-0.39, 0.29) is 5.78 Å². The predicted molar refractivity (Wildman–Crippen MR) is 67.6 cm³/mol. The van der Waals surface area contributed by atoms with Gasteiger partial charge in [-0.15, -0.1) is 0 Å². The van der Waals surface area contributed by atoms with Crippen molar-refractivity contribution in [3.8, 4) is 0 Å². The lowest BCUT2D eigenvalue weighted by atomic mass is 9.86. The highest BCUT2D eigenvalue weighted by Gasteiger charge is 2.53. The molecule has 0 atom stereocenters. The van der Waals surface area contributed by atoms with Crippen LogP contribution in [0.1, 0.15) is 45.4 Å². The van der Waals surface area contributed by atoms with Crippen LogP contribution in [-0.2, 0) is 4.79 Å². The predicted octanol–water partition coefficient (Wildman–Crippen LogP) is 2.64. The Bertz CT molecular complexity index is 245. The van der Waals surface area contributed by atoms with Crippen LogP contribution in [0.5, 0.6) is 0 Å². The number of ketones is 1. The minimum absolute atomic E-state index is 0.266. The summed E-state index contributed by atoms with van der Waals surface area (Å²) in [6.07, 6.45) is 5.58. The third-order valence-electron chi connectivity index (χ3n) is 3.78. The lowest BCUT2D eigenvalue weighted by Gasteiger charge is -2.27. The Labute approximate surface area is 102 Å². The highest BCUT2D eigenvalue weighted by molar-refractivity contribution is 7.99. The number of carbonyl (C=O) groups is 1. The lowest BCUT2D eigenvalue weighted by Crippen LogP contribution is -2.36. The maximum Gasteiger partial charge on any atom is 0.136 e. The fourth-order valence-corrected chi connectivity index (χ4v) is 3.18. The second kappa shape index (κ2) is 5.09. The molecule has 0 unspecified atom stereocenters. The quantitative estimate of drug-likeness (QED) is 0.665. The van der Waals surface area contributed by atoms with Crippen molar-refractivity contribution in [3.63, 3.8) is 0 Å². The zero-order valence-electron chi connectivity index (χ0n) is 10.1. The molecule has 3 heteroatoms. The van der Waals surface area contributed by atoms with E-state index >= 15 is 0 Å². The molecular weight excluding hydrogens is 220 g/mol. The summed E-state index contributed by atoms with van der Waals surface area (Å²) in [5.41, 5.74) is -0.617. The number of rotatable bonds is 8. The molecular formula is C13H22O2S. The van der Waals surface area contributed by atoms with E-state index in [1.54, 1.807) is 0 Å². The van der Waals surface area contributed by atoms with Crippen LogP contribution in [0, 0.1) is 11.8 Å². The molecule has 2 aliphatic carbocycles. The topological polar surface area (TPSA) is 37.3 Å². The molecule has 0 aromatic carbocycles. The van der Waals surface area contributed by atoms with Gasteiger partial charge in [-0.3, -0.25) is 4.79 Å². The van der Waals surface area contributed by atoms with Crippen molar-refractivity contribution < 1.29 is 9.90 Å². The summed E-state index contributed by atoms with van der Waals surface area (Å²) in [6.45, 7) is 2.11. The standard InChI is InChI=1S/C13H22O2S/c1-2-16-8-7-12(14)9-13(15,10-3-4-10)11-5-6-11/h10-11,15H,2-9H2,1H3. The highest BCUT2D eigenvalue weighted by atomic mass is 32.2. The van der Waals surface area contributed by atoms with Gasteiger partial charge in [0.05, 0.1) is 5.60 Å². The molecule has 2 saturated carbocycles. The van der Waals surface area contributed by atoms with E-state index < -0.39 is 5.60 Å². The first kappa shape index (κ1) is 12.4. The zero-order valence-corrected chi connectivity index (χ0v) is 10.9. The van der Waals surface area contributed by atoms with Crippen LogP contribution < -0.4 is 0 Å². The molecule has 0 aromatic heterocycles. The minimum Gasteiger partial charge on any atom is -0.389 e. The van der Waals surface area contributed by atoms with Crippen molar-refractivity contribution in [1.82, 2.24) is 0 Å². The zero-order chi connectivity index (χ0) is 11.6. The van der Waals surface area contributed by atoms with Gasteiger partial charge in [0.2, 0.25) is 0 Å². The number of Topliss-reactive ketones (excluding diaryl/α,β-unsaturated/α-hetero) is 1. The molecule has 0 radical (unpaired) electrons. The molecule has 2 fully saturated rings. The van der Waals surface area contributed by atoms with Crippen LogP contribution in [0.2, 0.25) is 0 Å². The van der Waals surface area contributed by atoms with E-state index in [2.05, 4.69) is 6.92 Å². The van der Waals surface area contributed by atoms with Gasteiger partial charge in [0.25, 0.3) is 0 Å². The van der Waals surface area contributed by atoms with Gasteiger partial charge in [-0.1, -0.05) is 6.92 Å². The third kappa shape index (κ3) is 3.01. The number of aliphatic hydroxyl groups is 1. The summed E-state index contributed by atoms with van der Waals surface area (Å²) in [5, 5.41) is 10.6. The van der Waals surface area contributed by atoms with E-state index in [0.29, 0.717) is 24.7 Å². The summed E-state index contributed by atoms with van der Waals surface area (Å²) in [6, 6.07) is 0. The van der Waals surface area contributed by atoms with E-state index in [4.69, 9.17) is 0 Å². The first-order valence-electron chi connectivity index (χ1n) is 6.48. The normalized spacial score (nSPS) is 21.1. The van der Waals surface area contributed by atoms with Gasteiger partial charge in [0.1, 0.15) is 5.78 Å². The summed E-state index contributed by atoms with van der Waals surface area (Å²) in [5.74, 6) is 3.12. The van der Waals surface area contributed by atoms with Gasteiger partial charge >= 0.3 is 0 Å². The van der Waals surface area contributed by atoms with Gasteiger partial charge < -0.3 is 5.11 Å². The molecule has 2 aliphatic rings. The second-order valence-corrected chi connectivity index (χ2v) is 6.60. The SMILES string of the molecule is CCSCCC(=O)CC(O)(C1CC1)C1CC1. The average Bonchev–Trinajstić information content (AvgIpc) is 3.07. The van der Waals surface area contributed by atoms with Gasteiger partial charge in [-0.2, -0.15) is 11.8 Å². The maximum absolute atomic E-state index is 11.8. The van der Waals surface area contributed by atoms with Gasteiger partial charge in [0, 0.05) is 18.6 Å². The Morgan fingerprint density at radius 1 is 1.31 bits per heavy atom. The third-order valence-corrected chi connectivity index (χ3v) is 4.68. The van der Waals surface area contributed by atoms with Crippen LogP contribution in [-0.4, -0.2) is 28.0 Å². The Balaban J connectivity index is 1.79. The van der Waals surface area contributed by atoms with Gasteiger partial charge in [-0.25, -0.2) is 0 Å². The van der Waals surface area contributed by atoms with E-state index in [1.807, 2.05) is 11.8 Å². The summed E-state index contributed by atoms with van der Waals surface area (Å²) in [7, 11) is 0. The molecule has 0 heterocycles. The lowest BCUT2D eigenvalue weighted by molar-refractivity contribution is -0.125. The molecule has 0 bridgehead atoms. The smallest absolute Gasteiger partial charge is 0.136 e. The molecule has 0 aliphatic heterocycles. The number of thioether (sulfide) groups is 1. The van der Waals surface area contributed by atoms with Gasteiger partial charge in [0.15, 0.2) is 0 Å². The van der Waals surface area contributed by atoms with Crippen LogP contribution >= 0.6 is 11.8 Å². The Morgan fingerprint density at radius 2 is 1.88 bits per heavy atom. The molecule has 2 rings (SSSR count). The molecule has 2 nitrogen and oxygen atoms in total. The number of carbonyl (C=O) groups excluding carboxylic acids is 1. The van der Waals surface area contributed by atoms with E-state index in [9.17, 15) is 9.90 Å². The van der Waals surface area contributed by atoms with Crippen LogP contribution in [0.3, 0.4) is 0 Å². The summed E-state index contributed by atoms with van der Waals surface area (Å²) < 4.78 is 0. The fraction of sp³-hybridized carbons (Fsp3) is 0.923. The molecule has 1 N–H and O–H groups in total. The number of hydrogen-bond acceptors (Lipinski definition) is 3. The molecule has 0 amide bonds. The number of hydrogen-bond donors (Lipinski definition) is 1. The molecule has 16 heavy (non-hydrogen) atoms. The molecule has 0 spiro atoms. The minimum atomic E-state index is -0.617. The highest BCUT2D eigenvalue weighted by Crippen LogP contribution is 2.53. The average molecular weight is 242 g/mol. The first-order valence-corrected chi connectivity index (χ1v) is 7.64. The first-order chi connectivity index (χ1) is 7.66. The maximum atomic E-state index is 11.8. The second-order valence-electron chi connectivity index (χ2n) is 5.20. The molecule has 92 valence electrons. The Hall–Kier alpha value is -0.0200. The van der Waals surface area contributed by atoms with Crippen molar-refractivity contribution in [2.75, 3.05) is 11.5 Å². The van der Waals surface area contributed by atoms with Crippen molar-refractivity contribution in [2.24, 2.45) is 11.8 Å². The van der Waals surface area contributed by atoms with Crippen LogP contribution in [0.15, 0.2) is 0 Å². The Morgan fingerprint density at radius 3 is 2.31 bits per heavy atom.